The number of rotatable bonds is 15. The number of ether oxygens (including phenoxy) is 2. The summed E-state index contributed by atoms with van der Waals surface area (Å²) < 4.78 is 58.1. The van der Waals surface area contributed by atoms with Crippen LogP contribution in [0.25, 0.3) is 0 Å². The molecule has 0 aromatic carbocycles. The second-order valence-electron chi connectivity index (χ2n) is 16.6. The number of alkyl halides is 2. The fourth-order valence-electron chi connectivity index (χ4n) is 6.47. The molecule has 2 fully saturated rings. The van der Waals surface area contributed by atoms with Crippen molar-refractivity contribution in [3.8, 4) is 0 Å². The van der Waals surface area contributed by atoms with Crippen LogP contribution in [0.5, 0.6) is 0 Å². The maximum Gasteiger partial charge on any atom is 0.310 e. The molecule has 2 aliphatic rings. The van der Waals surface area contributed by atoms with Crippen molar-refractivity contribution in [3.63, 3.8) is 0 Å². The SMILES string of the molecule is C=C[C@H](C[C@](C)(CCCC)[C@@H]1[C@@H]2[C@H](C[C@H]1O[Si](C)(C)C(C)(C)C)OC(=CCCCC(=O)OC)C2(F)F)O[Si](C)(C)C(C)(C)C. The van der Waals surface area contributed by atoms with Crippen molar-refractivity contribution in [2.24, 2.45) is 17.3 Å². The second kappa shape index (κ2) is 14.4. The molecule has 44 heavy (non-hydrogen) atoms. The lowest BCUT2D eigenvalue weighted by Gasteiger charge is -2.48. The summed E-state index contributed by atoms with van der Waals surface area (Å²) in [5.41, 5.74) is -0.489. The van der Waals surface area contributed by atoms with E-state index >= 15 is 8.78 Å². The minimum absolute atomic E-state index is 0.0143. The topological polar surface area (TPSA) is 54.0 Å². The van der Waals surface area contributed by atoms with E-state index in [4.69, 9.17) is 18.3 Å². The molecule has 0 aromatic rings. The molecule has 256 valence electrons. The molecule has 0 amide bonds. The van der Waals surface area contributed by atoms with E-state index in [2.05, 4.69) is 88.2 Å². The lowest BCUT2D eigenvalue weighted by atomic mass is 9.64. The molecular weight excluding hydrogens is 595 g/mol. The van der Waals surface area contributed by atoms with Gasteiger partial charge in [-0.1, -0.05) is 74.3 Å². The Bertz CT molecular complexity index is 1010. The van der Waals surface area contributed by atoms with Crippen LogP contribution in [0.3, 0.4) is 0 Å². The number of allylic oxidation sites excluding steroid dienone is 2. The van der Waals surface area contributed by atoms with Crippen molar-refractivity contribution < 1.29 is 31.9 Å². The van der Waals surface area contributed by atoms with Gasteiger partial charge in [0.1, 0.15) is 6.10 Å². The molecule has 1 saturated heterocycles. The van der Waals surface area contributed by atoms with Crippen molar-refractivity contribution in [2.45, 2.75) is 167 Å². The van der Waals surface area contributed by atoms with E-state index in [1.807, 2.05) is 6.08 Å². The van der Waals surface area contributed by atoms with Gasteiger partial charge in [0.2, 0.25) is 0 Å². The molecule has 6 atom stereocenters. The molecule has 0 bridgehead atoms. The molecule has 0 radical (unpaired) electrons. The van der Waals surface area contributed by atoms with Crippen LogP contribution in [-0.2, 0) is 23.1 Å². The monoisotopic (exact) mass is 658 g/mol. The number of halogens is 2. The molecule has 1 saturated carbocycles. The highest BCUT2D eigenvalue weighted by Crippen LogP contribution is 2.62. The van der Waals surface area contributed by atoms with Crippen LogP contribution in [0, 0.1) is 17.3 Å². The quantitative estimate of drug-likeness (QED) is 0.0758. The number of fused-ring (bicyclic) bond motifs is 1. The van der Waals surface area contributed by atoms with Crippen LogP contribution in [0.2, 0.25) is 36.3 Å². The zero-order valence-corrected chi connectivity index (χ0v) is 32.2. The fourth-order valence-corrected chi connectivity index (χ4v) is 9.11. The van der Waals surface area contributed by atoms with Crippen LogP contribution in [0.4, 0.5) is 8.78 Å². The minimum atomic E-state index is -3.14. The third kappa shape index (κ3) is 8.85. The third-order valence-electron chi connectivity index (χ3n) is 11.2. The molecule has 2 rings (SSSR count). The number of unbranched alkanes of at least 4 members (excludes halogenated alkanes) is 2. The van der Waals surface area contributed by atoms with Gasteiger partial charge in [0.15, 0.2) is 22.4 Å². The fraction of sp³-hybridized carbons (Fsp3) is 0.857. The second-order valence-corrected chi connectivity index (χ2v) is 26.1. The Balaban J connectivity index is 2.58. The number of hydrogen-bond donors (Lipinski definition) is 0. The van der Waals surface area contributed by atoms with E-state index in [9.17, 15) is 4.79 Å². The predicted molar refractivity (Wildman–Crippen MR) is 182 cm³/mol. The van der Waals surface area contributed by atoms with Gasteiger partial charge in [0.25, 0.3) is 0 Å². The van der Waals surface area contributed by atoms with E-state index in [0.717, 1.165) is 19.3 Å². The number of methoxy groups -OCH3 is 1. The molecule has 9 heteroatoms. The van der Waals surface area contributed by atoms with E-state index in [-0.39, 0.29) is 40.4 Å². The van der Waals surface area contributed by atoms with Crippen LogP contribution in [0.15, 0.2) is 24.5 Å². The van der Waals surface area contributed by atoms with Crippen molar-refractivity contribution in [2.75, 3.05) is 7.11 Å². The van der Waals surface area contributed by atoms with E-state index < -0.39 is 45.9 Å². The van der Waals surface area contributed by atoms with Crippen LogP contribution in [-0.4, -0.2) is 53.9 Å². The predicted octanol–water partition coefficient (Wildman–Crippen LogP) is 10.4. The maximum absolute atomic E-state index is 16.6. The van der Waals surface area contributed by atoms with Gasteiger partial charge in [-0.05, 0) is 73.4 Å². The molecule has 0 spiro atoms. The van der Waals surface area contributed by atoms with E-state index in [1.165, 1.54) is 13.2 Å². The Morgan fingerprint density at radius 3 is 2.16 bits per heavy atom. The first-order valence-electron chi connectivity index (χ1n) is 16.8. The molecule has 0 unspecified atom stereocenters. The first-order valence-corrected chi connectivity index (χ1v) is 22.6. The molecule has 1 aliphatic heterocycles. The van der Waals surface area contributed by atoms with E-state index in [0.29, 0.717) is 25.7 Å². The highest BCUT2D eigenvalue weighted by molar-refractivity contribution is 6.74. The van der Waals surface area contributed by atoms with Gasteiger partial charge in [0, 0.05) is 18.8 Å². The molecular formula is C35H64F2O5Si2. The maximum atomic E-state index is 16.6. The number of hydrogen-bond acceptors (Lipinski definition) is 5. The standard InChI is InChI=1S/C35H64F2O5Si2/c1-15-17-22-34(9,24-25(16-2)41-43(11,12)32(3,4)5)30-27(42-44(13,14)33(6,7)8)23-26-31(30)35(36,37)28(40-26)20-18-19-21-29(38)39-10/h16,20,25-27,30-31H,2,15,17-19,21-24H2,1,3-14H3/t25-,26+,27-,30+,31+,34+/m1/s1. The van der Waals surface area contributed by atoms with Crippen LogP contribution >= 0.6 is 0 Å². The molecule has 1 heterocycles. The summed E-state index contributed by atoms with van der Waals surface area (Å²) in [6.45, 7) is 30.6. The largest absolute Gasteiger partial charge is 0.488 e. The van der Waals surface area contributed by atoms with E-state index in [1.54, 1.807) is 0 Å². The third-order valence-corrected chi connectivity index (χ3v) is 20.2. The summed E-state index contributed by atoms with van der Waals surface area (Å²) in [6.07, 6.45) is 6.91. The van der Waals surface area contributed by atoms with Gasteiger partial charge >= 0.3 is 11.9 Å². The molecule has 5 nitrogen and oxygen atoms in total. The molecule has 0 N–H and O–H groups in total. The summed E-state index contributed by atoms with van der Waals surface area (Å²) in [6, 6.07) is 0. The van der Waals surface area contributed by atoms with Gasteiger partial charge < -0.3 is 18.3 Å². The van der Waals surface area contributed by atoms with Crippen LogP contribution < -0.4 is 0 Å². The van der Waals surface area contributed by atoms with Gasteiger partial charge in [-0.25, -0.2) is 0 Å². The Morgan fingerprint density at radius 2 is 1.66 bits per heavy atom. The summed E-state index contributed by atoms with van der Waals surface area (Å²) >= 11 is 0. The van der Waals surface area contributed by atoms with Crippen molar-refractivity contribution in [1.29, 1.82) is 0 Å². The Kier molecular flexibility index (Phi) is 12.8. The zero-order chi connectivity index (χ0) is 33.9. The van der Waals surface area contributed by atoms with Gasteiger partial charge in [-0.15, -0.1) is 6.58 Å². The highest BCUT2D eigenvalue weighted by Gasteiger charge is 2.68. The summed E-state index contributed by atoms with van der Waals surface area (Å²) in [5, 5.41) is -0.0430. The zero-order valence-electron chi connectivity index (χ0n) is 30.2. The lowest BCUT2D eigenvalue weighted by molar-refractivity contribution is -0.140. The van der Waals surface area contributed by atoms with Crippen molar-refractivity contribution in [3.05, 3.63) is 24.5 Å². The van der Waals surface area contributed by atoms with Crippen molar-refractivity contribution in [1.82, 2.24) is 0 Å². The highest BCUT2D eigenvalue weighted by atomic mass is 28.4. The average molecular weight is 659 g/mol. The van der Waals surface area contributed by atoms with Gasteiger partial charge in [-0.3, -0.25) is 4.79 Å². The first-order chi connectivity index (χ1) is 20.0. The lowest BCUT2D eigenvalue weighted by Crippen LogP contribution is -2.51. The summed E-state index contributed by atoms with van der Waals surface area (Å²) in [7, 11) is -3.10. The Labute approximate surface area is 270 Å². The Hall–Kier alpha value is -1.04. The van der Waals surface area contributed by atoms with Crippen LogP contribution in [0.1, 0.15) is 107 Å². The van der Waals surface area contributed by atoms with Gasteiger partial charge in [-0.2, -0.15) is 8.78 Å². The average Bonchev–Trinajstić information content (AvgIpc) is 3.36. The number of esters is 1. The van der Waals surface area contributed by atoms with Crippen molar-refractivity contribution >= 4 is 22.6 Å². The molecule has 1 aliphatic carbocycles. The number of carbonyl (C=O) groups is 1. The smallest absolute Gasteiger partial charge is 0.310 e. The van der Waals surface area contributed by atoms with Gasteiger partial charge in [0.05, 0.1) is 25.2 Å². The molecule has 0 aromatic heterocycles. The number of carbonyl (C=O) groups excluding carboxylic acids is 1. The Morgan fingerprint density at radius 1 is 1.07 bits per heavy atom. The minimum Gasteiger partial charge on any atom is -0.488 e. The summed E-state index contributed by atoms with van der Waals surface area (Å²) in [5.74, 6) is -5.14. The first kappa shape index (κ1) is 39.1. The summed E-state index contributed by atoms with van der Waals surface area (Å²) in [4.78, 5) is 11.6. The normalized spacial score (nSPS) is 27.0.